The number of hydrogen-bond donors (Lipinski definition) is 0. The Morgan fingerprint density at radius 3 is 2.29 bits per heavy atom. The van der Waals surface area contributed by atoms with Crippen molar-refractivity contribution in [1.82, 2.24) is 0 Å². The van der Waals surface area contributed by atoms with Crippen molar-refractivity contribution in [3.05, 3.63) is 65.2 Å². The van der Waals surface area contributed by atoms with Crippen LogP contribution in [0, 0.1) is 13.8 Å². The number of nitrogens with zero attached hydrogens (tertiary/aromatic N) is 2. The first kappa shape index (κ1) is 20.1. The number of sulfonamides is 1. The predicted octanol–water partition coefficient (Wildman–Crippen LogP) is 3.91. The Hall–Kier alpha value is -2.60. The molecule has 6 heteroatoms. The summed E-state index contributed by atoms with van der Waals surface area (Å²) in [4.78, 5) is 14.4. The second-order valence-electron chi connectivity index (χ2n) is 7.09. The number of amides is 1. The standard InChI is InChI=1S/C22H26N2O3S/c1-4-23(21-15-17(2)14-18(3)16-21)22(25)11-8-19-6-9-20(10-7-19)24-12-5-13-28(24,26)27/h6-11,14-16H,4-5,12-13H2,1-3H3/b11-8+. The molecule has 28 heavy (non-hydrogen) atoms. The molecule has 0 bridgehead atoms. The lowest BCUT2D eigenvalue weighted by molar-refractivity contribution is -0.114. The second kappa shape index (κ2) is 8.19. The Bertz CT molecular complexity index is 975. The van der Waals surface area contributed by atoms with E-state index in [1.807, 2.05) is 45.0 Å². The molecule has 1 fully saturated rings. The maximum Gasteiger partial charge on any atom is 0.250 e. The molecule has 5 nitrogen and oxygen atoms in total. The van der Waals surface area contributed by atoms with Crippen molar-refractivity contribution in [2.75, 3.05) is 28.0 Å². The summed E-state index contributed by atoms with van der Waals surface area (Å²) in [5.74, 6) is 0.118. The van der Waals surface area contributed by atoms with Gasteiger partial charge < -0.3 is 4.90 Å². The van der Waals surface area contributed by atoms with Crippen LogP contribution < -0.4 is 9.21 Å². The van der Waals surface area contributed by atoms with Gasteiger partial charge in [0.1, 0.15) is 0 Å². The van der Waals surface area contributed by atoms with E-state index in [0.29, 0.717) is 25.2 Å². The highest BCUT2D eigenvalue weighted by Gasteiger charge is 2.28. The summed E-state index contributed by atoms with van der Waals surface area (Å²) in [6, 6.07) is 13.3. The third-order valence-corrected chi connectivity index (χ3v) is 6.67. The van der Waals surface area contributed by atoms with E-state index < -0.39 is 10.0 Å². The highest BCUT2D eigenvalue weighted by molar-refractivity contribution is 7.93. The van der Waals surface area contributed by atoms with Crippen molar-refractivity contribution >= 4 is 33.4 Å². The minimum Gasteiger partial charge on any atom is -0.309 e. The van der Waals surface area contributed by atoms with Crippen molar-refractivity contribution in [1.29, 1.82) is 0 Å². The van der Waals surface area contributed by atoms with Gasteiger partial charge in [-0.25, -0.2) is 8.42 Å². The van der Waals surface area contributed by atoms with Crippen LogP contribution in [-0.2, 0) is 14.8 Å². The Morgan fingerprint density at radius 2 is 1.75 bits per heavy atom. The molecule has 0 radical (unpaired) electrons. The topological polar surface area (TPSA) is 57.7 Å². The Labute approximate surface area is 167 Å². The summed E-state index contributed by atoms with van der Waals surface area (Å²) in [5.41, 5.74) is 4.66. The summed E-state index contributed by atoms with van der Waals surface area (Å²) in [5, 5.41) is 0. The average Bonchev–Trinajstić information content (AvgIpc) is 2.99. The molecule has 0 atom stereocenters. The summed E-state index contributed by atoms with van der Waals surface area (Å²) in [7, 11) is -3.18. The van der Waals surface area contributed by atoms with Gasteiger partial charge in [-0.15, -0.1) is 0 Å². The first-order valence-corrected chi connectivity index (χ1v) is 11.1. The smallest absolute Gasteiger partial charge is 0.250 e. The molecule has 0 unspecified atom stereocenters. The molecular formula is C22H26N2O3S. The van der Waals surface area contributed by atoms with Crippen molar-refractivity contribution in [2.24, 2.45) is 0 Å². The summed E-state index contributed by atoms with van der Waals surface area (Å²) in [6.07, 6.45) is 3.97. The van der Waals surface area contributed by atoms with Gasteiger partial charge in [0.25, 0.3) is 5.91 Å². The first-order valence-electron chi connectivity index (χ1n) is 9.48. The third kappa shape index (κ3) is 4.44. The second-order valence-corrected chi connectivity index (χ2v) is 9.11. The van der Waals surface area contributed by atoms with Gasteiger partial charge in [0, 0.05) is 24.9 Å². The molecule has 148 valence electrons. The quantitative estimate of drug-likeness (QED) is 0.718. The zero-order valence-corrected chi connectivity index (χ0v) is 17.4. The molecule has 1 heterocycles. The molecule has 2 aromatic carbocycles. The Kier molecular flexibility index (Phi) is 5.89. The molecule has 0 spiro atoms. The van der Waals surface area contributed by atoms with Gasteiger partial charge in [0.05, 0.1) is 11.4 Å². The molecule has 0 aromatic heterocycles. The molecule has 1 aliphatic rings. The normalized spacial score (nSPS) is 15.9. The Morgan fingerprint density at radius 1 is 1.11 bits per heavy atom. The number of likely N-dealkylation sites (N-methyl/N-ethyl adjacent to an activating group) is 1. The third-order valence-electron chi connectivity index (χ3n) is 4.80. The first-order chi connectivity index (χ1) is 13.3. The fourth-order valence-corrected chi connectivity index (χ4v) is 5.08. The van der Waals surface area contributed by atoms with Crippen LogP contribution in [0.1, 0.15) is 30.0 Å². The van der Waals surface area contributed by atoms with Gasteiger partial charge >= 0.3 is 0 Å². The fraction of sp³-hybridized carbons (Fsp3) is 0.318. The van der Waals surface area contributed by atoms with Crippen LogP contribution >= 0.6 is 0 Å². The molecule has 0 N–H and O–H groups in total. The lowest BCUT2D eigenvalue weighted by atomic mass is 10.1. The molecule has 0 saturated carbocycles. The molecule has 1 aliphatic heterocycles. The van der Waals surface area contributed by atoms with Crippen LogP contribution in [0.15, 0.2) is 48.5 Å². The molecule has 1 saturated heterocycles. The van der Waals surface area contributed by atoms with Gasteiger partial charge in [0.15, 0.2) is 0 Å². The summed E-state index contributed by atoms with van der Waals surface area (Å²) < 4.78 is 25.5. The van der Waals surface area contributed by atoms with E-state index in [1.165, 1.54) is 4.31 Å². The number of benzene rings is 2. The van der Waals surface area contributed by atoms with Crippen LogP contribution in [0.5, 0.6) is 0 Å². The van der Waals surface area contributed by atoms with Crippen LogP contribution in [0.25, 0.3) is 6.08 Å². The number of rotatable bonds is 5. The van der Waals surface area contributed by atoms with Crippen LogP contribution in [-0.4, -0.2) is 33.2 Å². The van der Waals surface area contributed by atoms with Crippen LogP contribution in [0.4, 0.5) is 11.4 Å². The average molecular weight is 399 g/mol. The van der Waals surface area contributed by atoms with E-state index in [1.54, 1.807) is 29.2 Å². The number of carbonyl (C=O) groups is 1. The lowest BCUT2D eigenvalue weighted by Gasteiger charge is -2.20. The predicted molar refractivity (Wildman–Crippen MR) is 115 cm³/mol. The van der Waals surface area contributed by atoms with Crippen molar-refractivity contribution < 1.29 is 13.2 Å². The van der Waals surface area contributed by atoms with E-state index in [-0.39, 0.29) is 11.7 Å². The van der Waals surface area contributed by atoms with Gasteiger partial charge in [0.2, 0.25) is 10.0 Å². The highest BCUT2D eigenvalue weighted by Crippen LogP contribution is 2.24. The lowest BCUT2D eigenvalue weighted by Crippen LogP contribution is -2.28. The van der Waals surface area contributed by atoms with E-state index in [4.69, 9.17) is 0 Å². The van der Waals surface area contributed by atoms with E-state index in [2.05, 4.69) is 6.07 Å². The number of aryl methyl sites for hydroxylation is 2. The van der Waals surface area contributed by atoms with Crippen molar-refractivity contribution in [2.45, 2.75) is 27.2 Å². The van der Waals surface area contributed by atoms with E-state index in [9.17, 15) is 13.2 Å². The van der Waals surface area contributed by atoms with Crippen LogP contribution in [0.3, 0.4) is 0 Å². The van der Waals surface area contributed by atoms with E-state index in [0.717, 1.165) is 22.4 Å². The molecule has 0 aliphatic carbocycles. The zero-order chi connectivity index (χ0) is 20.3. The van der Waals surface area contributed by atoms with Crippen molar-refractivity contribution in [3.8, 4) is 0 Å². The minimum absolute atomic E-state index is 0.0845. The van der Waals surface area contributed by atoms with Gasteiger partial charge in [-0.05, 0) is 74.2 Å². The van der Waals surface area contributed by atoms with Gasteiger partial charge in [-0.2, -0.15) is 0 Å². The Balaban J connectivity index is 1.74. The largest absolute Gasteiger partial charge is 0.309 e. The summed E-state index contributed by atoms with van der Waals surface area (Å²) in [6.45, 7) is 7.10. The highest BCUT2D eigenvalue weighted by atomic mass is 32.2. The SMILES string of the molecule is CCN(C(=O)/C=C/c1ccc(N2CCCS2(=O)=O)cc1)c1cc(C)cc(C)c1. The fourth-order valence-electron chi connectivity index (χ4n) is 3.51. The molecule has 3 rings (SSSR count). The van der Waals surface area contributed by atoms with Crippen molar-refractivity contribution in [3.63, 3.8) is 0 Å². The maximum atomic E-state index is 12.7. The van der Waals surface area contributed by atoms with E-state index >= 15 is 0 Å². The number of hydrogen-bond acceptors (Lipinski definition) is 3. The minimum atomic E-state index is -3.18. The number of anilines is 2. The number of carbonyl (C=O) groups excluding carboxylic acids is 1. The zero-order valence-electron chi connectivity index (χ0n) is 16.6. The molecule has 1 amide bonds. The summed E-state index contributed by atoms with van der Waals surface area (Å²) >= 11 is 0. The monoisotopic (exact) mass is 398 g/mol. The maximum absolute atomic E-state index is 12.7. The van der Waals surface area contributed by atoms with Gasteiger partial charge in [-0.1, -0.05) is 18.2 Å². The van der Waals surface area contributed by atoms with Crippen LogP contribution in [0.2, 0.25) is 0 Å². The molecule has 2 aromatic rings. The van der Waals surface area contributed by atoms with Gasteiger partial charge in [-0.3, -0.25) is 9.10 Å². The molecular weight excluding hydrogens is 372 g/mol.